The van der Waals surface area contributed by atoms with Crippen molar-refractivity contribution in [3.8, 4) is 0 Å². The zero-order valence-corrected chi connectivity index (χ0v) is 9.56. The van der Waals surface area contributed by atoms with Gasteiger partial charge in [0.2, 0.25) is 5.95 Å². The monoisotopic (exact) mass is 215 g/mol. The highest BCUT2D eigenvalue weighted by Gasteiger charge is 2.01. The molecule has 16 heavy (non-hydrogen) atoms. The molecule has 1 aromatic carbocycles. The Bertz CT molecular complexity index is 420. The summed E-state index contributed by atoms with van der Waals surface area (Å²) < 4.78 is 2.13. The molecule has 0 bridgehead atoms. The Labute approximate surface area is 96.1 Å². The Kier molecular flexibility index (Phi) is 3.59. The van der Waals surface area contributed by atoms with Crippen molar-refractivity contribution in [1.29, 1.82) is 0 Å². The summed E-state index contributed by atoms with van der Waals surface area (Å²) in [6.45, 7) is 3.98. The highest BCUT2D eigenvalue weighted by Crippen LogP contribution is 2.08. The zero-order chi connectivity index (χ0) is 11.2. The van der Waals surface area contributed by atoms with Crippen LogP contribution in [0.3, 0.4) is 0 Å². The van der Waals surface area contributed by atoms with Crippen molar-refractivity contribution < 1.29 is 0 Å². The number of hydrogen-bond acceptors (Lipinski definition) is 2. The molecule has 84 valence electrons. The van der Waals surface area contributed by atoms with Crippen LogP contribution in [0.1, 0.15) is 18.9 Å². The molecule has 0 aliphatic carbocycles. The Morgan fingerprint density at radius 3 is 2.81 bits per heavy atom. The van der Waals surface area contributed by atoms with Gasteiger partial charge in [0.05, 0.1) is 6.54 Å². The van der Waals surface area contributed by atoms with Gasteiger partial charge in [-0.05, 0) is 12.0 Å². The molecule has 0 atom stereocenters. The first kappa shape index (κ1) is 10.7. The Hall–Kier alpha value is -1.77. The van der Waals surface area contributed by atoms with Crippen molar-refractivity contribution >= 4 is 5.95 Å². The lowest BCUT2D eigenvalue weighted by atomic mass is 10.2. The molecule has 1 heterocycles. The Balaban J connectivity index is 2.07. The van der Waals surface area contributed by atoms with Crippen molar-refractivity contribution in [2.24, 2.45) is 0 Å². The molecular formula is C13H17N3. The van der Waals surface area contributed by atoms with E-state index in [1.807, 2.05) is 18.5 Å². The lowest BCUT2D eigenvalue weighted by Gasteiger charge is -2.08. The third-order valence-electron chi connectivity index (χ3n) is 2.44. The molecule has 0 unspecified atom stereocenters. The quantitative estimate of drug-likeness (QED) is 0.831. The van der Waals surface area contributed by atoms with Gasteiger partial charge in [0.1, 0.15) is 0 Å². The first-order valence-electron chi connectivity index (χ1n) is 5.69. The molecule has 0 spiro atoms. The first-order chi connectivity index (χ1) is 7.90. The second-order valence-corrected chi connectivity index (χ2v) is 3.79. The van der Waals surface area contributed by atoms with E-state index in [0.717, 1.165) is 25.5 Å². The summed E-state index contributed by atoms with van der Waals surface area (Å²) in [7, 11) is 0. The third kappa shape index (κ3) is 2.63. The maximum atomic E-state index is 4.30. The summed E-state index contributed by atoms with van der Waals surface area (Å²) >= 11 is 0. The van der Waals surface area contributed by atoms with Gasteiger partial charge in [-0.25, -0.2) is 4.98 Å². The Morgan fingerprint density at radius 1 is 1.25 bits per heavy atom. The number of imidazole rings is 1. The second kappa shape index (κ2) is 5.35. The van der Waals surface area contributed by atoms with Crippen LogP contribution in [0.2, 0.25) is 0 Å². The van der Waals surface area contributed by atoms with Crippen LogP contribution in [0.15, 0.2) is 42.7 Å². The van der Waals surface area contributed by atoms with Crippen molar-refractivity contribution in [2.45, 2.75) is 19.9 Å². The van der Waals surface area contributed by atoms with Gasteiger partial charge in [0, 0.05) is 18.9 Å². The molecule has 0 saturated carbocycles. The summed E-state index contributed by atoms with van der Waals surface area (Å²) in [6, 6.07) is 10.4. The van der Waals surface area contributed by atoms with E-state index in [1.54, 1.807) is 0 Å². The molecular weight excluding hydrogens is 198 g/mol. The number of benzene rings is 1. The third-order valence-corrected chi connectivity index (χ3v) is 2.44. The average molecular weight is 215 g/mol. The molecule has 3 heteroatoms. The van der Waals surface area contributed by atoms with Gasteiger partial charge in [-0.1, -0.05) is 37.3 Å². The van der Waals surface area contributed by atoms with E-state index in [0.29, 0.717) is 0 Å². The minimum Gasteiger partial charge on any atom is -0.356 e. The zero-order valence-electron chi connectivity index (χ0n) is 9.56. The van der Waals surface area contributed by atoms with Crippen LogP contribution in [0.25, 0.3) is 0 Å². The van der Waals surface area contributed by atoms with Gasteiger partial charge in [-0.15, -0.1) is 0 Å². The number of rotatable bonds is 5. The van der Waals surface area contributed by atoms with E-state index in [1.165, 1.54) is 5.56 Å². The summed E-state index contributed by atoms with van der Waals surface area (Å²) in [4.78, 5) is 4.30. The normalized spacial score (nSPS) is 10.3. The molecule has 1 aromatic heterocycles. The topological polar surface area (TPSA) is 29.9 Å². The van der Waals surface area contributed by atoms with Crippen LogP contribution in [-0.2, 0) is 6.54 Å². The minimum atomic E-state index is 0.868. The van der Waals surface area contributed by atoms with Crippen molar-refractivity contribution in [2.75, 3.05) is 11.9 Å². The fraction of sp³-hybridized carbons (Fsp3) is 0.308. The number of hydrogen-bond donors (Lipinski definition) is 1. The number of nitrogens with zero attached hydrogens (tertiary/aromatic N) is 2. The molecule has 0 saturated heterocycles. The number of nitrogens with one attached hydrogen (secondary N) is 1. The largest absolute Gasteiger partial charge is 0.356 e. The summed E-state index contributed by atoms with van der Waals surface area (Å²) in [5, 5.41) is 3.32. The second-order valence-electron chi connectivity index (χ2n) is 3.79. The van der Waals surface area contributed by atoms with E-state index < -0.39 is 0 Å². The van der Waals surface area contributed by atoms with Crippen LogP contribution in [0, 0.1) is 0 Å². The molecule has 2 rings (SSSR count). The number of aromatic nitrogens is 2. The van der Waals surface area contributed by atoms with E-state index in [2.05, 4.69) is 46.1 Å². The van der Waals surface area contributed by atoms with Crippen LogP contribution in [0.4, 0.5) is 5.95 Å². The number of anilines is 1. The summed E-state index contributed by atoms with van der Waals surface area (Å²) in [6.07, 6.45) is 4.95. The molecule has 0 radical (unpaired) electrons. The predicted molar refractivity (Wildman–Crippen MR) is 66.6 cm³/mol. The van der Waals surface area contributed by atoms with E-state index in [-0.39, 0.29) is 0 Å². The summed E-state index contributed by atoms with van der Waals surface area (Å²) in [5.74, 6) is 0.950. The predicted octanol–water partition coefficient (Wildman–Crippen LogP) is 2.75. The van der Waals surface area contributed by atoms with Crippen molar-refractivity contribution in [3.63, 3.8) is 0 Å². The van der Waals surface area contributed by atoms with Crippen LogP contribution < -0.4 is 5.32 Å². The minimum absolute atomic E-state index is 0.868. The SMILES string of the molecule is CCCNc1nccn1Cc1ccccc1. The Morgan fingerprint density at radius 2 is 2.06 bits per heavy atom. The standard InChI is InChI=1S/C13H17N3/c1-2-8-14-13-15-9-10-16(13)11-12-6-4-3-5-7-12/h3-7,9-10H,2,8,11H2,1H3,(H,14,15). The molecule has 0 amide bonds. The lowest BCUT2D eigenvalue weighted by Crippen LogP contribution is -2.08. The fourth-order valence-electron chi connectivity index (χ4n) is 1.62. The van der Waals surface area contributed by atoms with E-state index >= 15 is 0 Å². The molecule has 3 nitrogen and oxygen atoms in total. The molecule has 0 aliphatic rings. The van der Waals surface area contributed by atoms with Gasteiger partial charge in [0.25, 0.3) is 0 Å². The smallest absolute Gasteiger partial charge is 0.203 e. The molecule has 1 N–H and O–H groups in total. The van der Waals surface area contributed by atoms with Crippen LogP contribution >= 0.6 is 0 Å². The highest BCUT2D eigenvalue weighted by atomic mass is 15.2. The van der Waals surface area contributed by atoms with Crippen molar-refractivity contribution in [3.05, 3.63) is 48.3 Å². The van der Waals surface area contributed by atoms with Crippen molar-refractivity contribution in [1.82, 2.24) is 9.55 Å². The molecule has 0 fully saturated rings. The van der Waals surface area contributed by atoms with E-state index in [4.69, 9.17) is 0 Å². The summed E-state index contributed by atoms with van der Waals surface area (Å²) in [5.41, 5.74) is 1.29. The van der Waals surface area contributed by atoms with Gasteiger partial charge in [-0.3, -0.25) is 0 Å². The maximum absolute atomic E-state index is 4.30. The fourth-order valence-corrected chi connectivity index (χ4v) is 1.62. The highest BCUT2D eigenvalue weighted by molar-refractivity contribution is 5.27. The lowest BCUT2D eigenvalue weighted by molar-refractivity contribution is 0.793. The van der Waals surface area contributed by atoms with Gasteiger partial charge < -0.3 is 9.88 Å². The first-order valence-corrected chi connectivity index (χ1v) is 5.69. The van der Waals surface area contributed by atoms with Gasteiger partial charge in [-0.2, -0.15) is 0 Å². The maximum Gasteiger partial charge on any atom is 0.203 e. The van der Waals surface area contributed by atoms with Gasteiger partial charge >= 0.3 is 0 Å². The van der Waals surface area contributed by atoms with Crippen LogP contribution in [0.5, 0.6) is 0 Å². The van der Waals surface area contributed by atoms with E-state index in [9.17, 15) is 0 Å². The average Bonchev–Trinajstić information content (AvgIpc) is 2.75. The van der Waals surface area contributed by atoms with Gasteiger partial charge in [0.15, 0.2) is 0 Å². The molecule has 0 aliphatic heterocycles. The van der Waals surface area contributed by atoms with Crippen LogP contribution in [-0.4, -0.2) is 16.1 Å². The molecule has 2 aromatic rings.